The van der Waals surface area contributed by atoms with Crippen molar-refractivity contribution >= 4 is 28.8 Å². The molecule has 0 bridgehead atoms. The van der Waals surface area contributed by atoms with Crippen LogP contribution >= 0.6 is 0 Å². The minimum atomic E-state index is -0.280. The van der Waals surface area contributed by atoms with Gasteiger partial charge in [-0.1, -0.05) is 42.5 Å². The van der Waals surface area contributed by atoms with Gasteiger partial charge in [0.05, 0.1) is 12.8 Å². The molecule has 0 aliphatic heterocycles. The number of carbonyl (C=O) groups excluding carboxylic acids is 1. The second kappa shape index (κ2) is 9.30. The summed E-state index contributed by atoms with van der Waals surface area (Å²) >= 11 is 0. The summed E-state index contributed by atoms with van der Waals surface area (Å²) in [6.45, 7) is 2.69. The molecule has 4 rings (SSSR count). The Labute approximate surface area is 180 Å². The molecule has 0 spiro atoms. The molecule has 0 saturated carbocycles. The number of benzene rings is 2. The van der Waals surface area contributed by atoms with E-state index in [9.17, 15) is 4.79 Å². The highest BCUT2D eigenvalue weighted by Gasteiger charge is 2.13. The van der Waals surface area contributed by atoms with E-state index >= 15 is 0 Å². The number of rotatable bonds is 8. The number of ether oxygens (including phenoxy) is 1. The van der Waals surface area contributed by atoms with Gasteiger partial charge in [0.1, 0.15) is 17.1 Å². The third-order valence-corrected chi connectivity index (χ3v) is 5.03. The van der Waals surface area contributed by atoms with Gasteiger partial charge < -0.3 is 14.5 Å². The van der Waals surface area contributed by atoms with Crippen molar-refractivity contribution in [3.8, 4) is 5.75 Å². The lowest BCUT2D eigenvalue weighted by Gasteiger charge is -2.07. The number of furan rings is 1. The summed E-state index contributed by atoms with van der Waals surface area (Å²) in [6, 6.07) is 17.6. The fourth-order valence-electron chi connectivity index (χ4n) is 3.39. The van der Waals surface area contributed by atoms with Gasteiger partial charge in [0.25, 0.3) is 0 Å². The quantitative estimate of drug-likeness (QED) is 0.428. The molecule has 4 aromatic rings. The summed E-state index contributed by atoms with van der Waals surface area (Å²) < 4.78 is 12.7. The maximum Gasteiger partial charge on any atom is 0.249 e. The number of nitrogens with one attached hydrogen (secondary N) is 1. The number of fused-ring (bicyclic) bond motifs is 1. The molecule has 7 nitrogen and oxygen atoms in total. The molecule has 1 N–H and O–H groups in total. The summed E-state index contributed by atoms with van der Waals surface area (Å²) in [7, 11) is 1.65. The number of hydrogen-bond acceptors (Lipinski definition) is 5. The zero-order valence-corrected chi connectivity index (χ0v) is 17.5. The number of carbonyl (C=O) groups is 1. The molecule has 0 saturated heterocycles. The molecule has 0 unspecified atom stereocenters. The van der Waals surface area contributed by atoms with Gasteiger partial charge in [0.15, 0.2) is 5.82 Å². The highest BCUT2D eigenvalue weighted by Crippen LogP contribution is 2.20. The van der Waals surface area contributed by atoms with Crippen LogP contribution in [0.5, 0.6) is 5.75 Å². The Kier molecular flexibility index (Phi) is 6.12. The largest absolute Gasteiger partial charge is 0.497 e. The van der Waals surface area contributed by atoms with Gasteiger partial charge in [0, 0.05) is 18.0 Å². The number of hydrogen-bond donors (Lipinski definition) is 1. The molecular formula is C24H24N4O3. The third kappa shape index (κ3) is 4.83. The van der Waals surface area contributed by atoms with E-state index in [2.05, 4.69) is 15.6 Å². The summed E-state index contributed by atoms with van der Waals surface area (Å²) in [5.41, 5.74) is 2.85. The number of aromatic nitrogens is 3. The molecular weight excluding hydrogens is 392 g/mol. The fourth-order valence-corrected chi connectivity index (χ4v) is 3.39. The van der Waals surface area contributed by atoms with Gasteiger partial charge in [0.2, 0.25) is 5.91 Å². The Morgan fingerprint density at radius 2 is 2.00 bits per heavy atom. The van der Waals surface area contributed by atoms with Crippen LogP contribution in [0.15, 0.2) is 65.1 Å². The van der Waals surface area contributed by atoms with Crippen molar-refractivity contribution < 1.29 is 13.9 Å². The average Bonchev–Trinajstić information content (AvgIpc) is 3.39. The van der Waals surface area contributed by atoms with Crippen LogP contribution in [0.4, 0.5) is 5.82 Å². The third-order valence-electron chi connectivity index (χ3n) is 5.03. The molecule has 158 valence electrons. The van der Waals surface area contributed by atoms with Crippen LogP contribution in [0.1, 0.15) is 23.9 Å². The molecule has 0 radical (unpaired) electrons. The van der Waals surface area contributed by atoms with Crippen LogP contribution in [-0.2, 0) is 24.2 Å². The average molecular weight is 416 g/mol. The van der Waals surface area contributed by atoms with Gasteiger partial charge in [-0.05, 0) is 48.7 Å². The van der Waals surface area contributed by atoms with Gasteiger partial charge >= 0.3 is 0 Å². The Morgan fingerprint density at radius 1 is 1.19 bits per heavy atom. The van der Waals surface area contributed by atoms with Crippen molar-refractivity contribution in [1.29, 1.82) is 0 Å². The fraction of sp³-hybridized carbons (Fsp3) is 0.208. The first-order chi connectivity index (χ1) is 15.2. The van der Waals surface area contributed by atoms with Crippen molar-refractivity contribution in [2.45, 2.75) is 26.3 Å². The topological polar surface area (TPSA) is 82.2 Å². The van der Waals surface area contributed by atoms with Crippen molar-refractivity contribution in [1.82, 2.24) is 15.0 Å². The smallest absolute Gasteiger partial charge is 0.249 e. The maximum atomic E-state index is 12.4. The monoisotopic (exact) mass is 416 g/mol. The predicted octanol–water partition coefficient (Wildman–Crippen LogP) is 4.49. The number of para-hydroxylation sites is 1. The van der Waals surface area contributed by atoms with Crippen LogP contribution in [-0.4, -0.2) is 28.0 Å². The first-order valence-corrected chi connectivity index (χ1v) is 10.2. The van der Waals surface area contributed by atoms with Crippen LogP contribution in [0, 0.1) is 0 Å². The Balaban J connectivity index is 1.39. The Morgan fingerprint density at radius 3 is 2.74 bits per heavy atom. The minimum Gasteiger partial charge on any atom is -0.497 e. The van der Waals surface area contributed by atoms with E-state index in [4.69, 9.17) is 9.15 Å². The van der Waals surface area contributed by atoms with Crippen molar-refractivity contribution in [2.75, 3.05) is 12.4 Å². The maximum absolute atomic E-state index is 12.4. The summed E-state index contributed by atoms with van der Waals surface area (Å²) in [5.74, 6) is 1.66. The summed E-state index contributed by atoms with van der Waals surface area (Å²) in [6.07, 6.45) is 4.60. The van der Waals surface area contributed by atoms with Crippen molar-refractivity contribution in [3.63, 3.8) is 0 Å². The van der Waals surface area contributed by atoms with E-state index in [0.717, 1.165) is 28.8 Å². The van der Waals surface area contributed by atoms with E-state index in [1.54, 1.807) is 13.2 Å². The standard InChI is InChI=1S/C24H24N4O3/c1-3-21-24(26-27-28(21)15-14-17-8-10-19(30-2)11-9-17)25-23(29)13-12-20-16-18-6-4-5-7-22(18)31-20/h4-13,16H,3,14-15H2,1-2H3,(H,25,29)/b13-12+. The van der Waals surface area contributed by atoms with Crippen LogP contribution in [0.2, 0.25) is 0 Å². The lowest BCUT2D eigenvalue weighted by Crippen LogP contribution is -2.11. The molecule has 1 amide bonds. The Bertz CT molecular complexity index is 1170. The molecule has 31 heavy (non-hydrogen) atoms. The number of methoxy groups -OCH3 is 1. The number of anilines is 1. The molecule has 2 aromatic heterocycles. The van der Waals surface area contributed by atoms with E-state index in [1.165, 1.54) is 11.6 Å². The Hall–Kier alpha value is -3.87. The van der Waals surface area contributed by atoms with E-state index in [1.807, 2.05) is 66.2 Å². The molecule has 0 aliphatic carbocycles. The van der Waals surface area contributed by atoms with E-state index in [-0.39, 0.29) is 5.91 Å². The summed E-state index contributed by atoms with van der Waals surface area (Å²) in [5, 5.41) is 12.2. The van der Waals surface area contributed by atoms with E-state index < -0.39 is 0 Å². The van der Waals surface area contributed by atoms with Gasteiger partial charge in [-0.25, -0.2) is 4.68 Å². The second-order valence-electron chi connectivity index (χ2n) is 7.07. The van der Waals surface area contributed by atoms with Crippen LogP contribution < -0.4 is 10.1 Å². The zero-order chi connectivity index (χ0) is 21.6. The van der Waals surface area contributed by atoms with Crippen LogP contribution in [0.3, 0.4) is 0 Å². The zero-order valence-electron chi connectivity index (χ0n) is 17.5. The van der Waals surface area contributed by atoms with Crippen molar-refractivity contribution in [3.05, 3.63) is 77.7 Å². The van der Waals surface area contributed by atoms with Gasteiger partial charge in [-0.2, -0.15) is 0 Å². The first kappa shape index (κ1) is 20.4. The number of aryl methyl sites for hydroxylation is 2. The predicted molar refractivity (Wildman–Crippen MR) is 120 cm³/mol. The number of nitrogens with zero attached hydrogens (tertiary/aromatic N) is 3. The number of amides is 1. The normalized spacial score (nSPS) is 11.3. The molecule has 0 fully saturated rings. The molecule has 2 heterocycles. The van der Waals surface area contributed by atoms with Crippen molar-refractivity contribution in [2.24, 2.45) is 0 Å². The molecule has 7 heteroatoms. The highest BCUT2D eigenvalue weighted by atomic mass is 16.5. The SMILES string of the molecule is CCc1c(NC(=O)/C=C/c2cc3ccccc3o2)nnn1CCc1ccc(OC)cc1. The minimum absolute atomic E-state index is 0.280. The summed E-state index contributed by atoms with van der Waals surface area (Å²) in [4.78, 5) is 12.4. The molecule has 0 aliphatic rings. The van der Waals surface area contributed by atoms with E-state index in [0.29, 0.717) is 24.5 Å². The molecule has 2 aromatic carbocycles. The van der Waals surface area contributed by atoms with Gasteiger partial charge in [-0.15, -0.1) is 5.10 Å². The second-order valence-corrected chi connectivity index (χ2v) is 7.07. The van der Waals surface area contributed by atoms with Crippen LogP contribution in [0.25, 0.3) is 17.0 Å². The lowest BCUT2D eigenvalue weighted by atomic mass is 10.1. The molecule has 0 atom stereocenters. The van der Waals surface area contributed by atoms with Gasteiger partial charge in [-0.3, -0.25) is 4.79 Å². The first-order valence-electron chi connectivity index (χ1n) is 10.2. The highest BCUT2D eigenvalue weighted by molar-refractivity contribution is 6.01. The lowest BCUT2D eigenvalue weighted by molar-refractivity contribution is -0.111.